The van der Waals surface area contributed by atoms with Gasteiger partial charge in [-0.3, -0.25) is 9.69 Å². The first kappa shape index (κ1) is 21.2. The molecule has 1 amide bonds. The molecule has 5 nitrogen and oxygen atoms in total. The number of hydrogen-bond acceptors (Lipinski definition) is 6. The number of carbonyl (C=O) groups excluding carboxylic acids is 1. The second-order valence-corrected chi connectivity index (χ2v) is 9.61. The lowest BCUT2D eigenvalue weighted by molar-refractivity contribution is 0.0915. The van der Waals surface area contributed by atoms with Crippen molar-refractivity contribution in [1.82, 2.24) is 4.98 Å². The molecule has 1 fully saturated rings. The summed E-state index contributed by atoms with van der Waals surface area (Å²) in [4.78, 5) is 21.7. The van der Waals surface area contributed by atoms with Crippen molar-refractivity contribution in [2.75, 3.05) is 31.4 Å². The van der Waals surface area contributed by atoms with Gasteiger partial charge in [-0.15, -0.1) is 11.8 Å². The lowest BCUT2D eigenvalue weighted by Gasteiger charge is -2.24. The van der Waals surface area contributed by atoms with E-state index in [0.717, 1.165) is 45.3 Å². The topological polar surface area (TPSA) is 51.7 Å². The Hall–Kier alpha value is -2.61. The molecule has 0 radical (unpaired) electrons. The van der Waals surface area contributed by atoms with Gasteiger partial charge in [0.15, 0.2) is 5.13 Å². The largest absolute Gasteiger partial charge is 0.496 e. The van der Waals surface area contributed by atoms with E-state index in [-0.39, 0.29) is 12.0 Å². The number of nitrogens with zero attached hydrogens (tertiary/aromatic N) is 2. The summed E-state index contributed by atoms with van der Waals surface area (Å²) in [6, 6.07) is 18.0. The Morgan fingerprint density at radius 2 is 2.03 bits per heavy atom. The quantitative estimate of drug-likeness (QED) is 0.327. The van der Waals surface area contributed by atoms with Crippen molar-refractivity contribution < 1.29 is 14.3 Å². The fourth-order valence-corrected chi connectivity index (χ4v) is 5.76. The Morgan fingerprint density at radius 3 is 2.75 bits per heavy atom. The van der Waals surface area contributed by atoms with Crippen LogP contribution in [0.2, 0.25) is 0 Å². The van der Waals surface area contributed by atoms with Crippen molar-refractivity contribution in [3.05, 3.63) is 60.2 Å². The summed E-state index contributed by atoms with van der Waals surface area (Å²) in [6.07, 6.45) is 4.02. The number of benzene rings is 3. The zero-order valence-electron chi connectivity index (χ0n) is 18.0. The van der Waals surface area contributed by atoms with Crippen LogP contribution in [0.4, 0.5) is 5.13 Å². The number of methoxy groups -OCH3 is 1. The average molecular weight is 465 g/mol. The molecule has 1 atom stereocenters. The van der Waals surface area contributed by atoms with E-state index in [1.807, 2.05) is 48.7 Å². The standard InChI is InChI=1S/C25H24N2O3S2/c1-29-20-14-17-8-4-3-7-16(17)13-19(20)24(28)27(15-18-9-6-12-30-18)25-26-23-21(31-2)10-5-11-22(23)32-25/h3-5,7-8,10-11,13-14,18H,6,9,12,15H2,1-2H3. The molecule has 164 valence electrons. The minimum atomic E-state index is -0.118. The summed E-state index contributed by atoms with van der Waals surface area (Å²) in [7, 11) is 1.60. The monoisotopic (exact) mass is 464 g/mol. The van der Waals surface area contributed by atoms with Crippen molar-refractivity contribution >= 4 is 55.1 Å². The first-order chi connectivity index (χ1) is 15.7. The lowest BCUT2D eigenvalue weighted by Crippen LogP contribution is -2.37. The number of ether oxygens (including phenoxy) is 2. The number of thiazole rings is 1. The van der Waals surface area contributed by atoms with Crippen LogP contribution in [0.15, 0.2) is 59.5 Å². The molecular formula is C25H24N2O3S2. The van der Waals surface area contributed by atoms with E-state index >= 15 is 0 Å². The fourth-order valence-electron chi connectivity index (χ4n) is 4.13. The van der Waals surface area contributed by atoms with Gasteiger partial charge in [0.1, 0.15) is 5.75 Å². The Kier molecular flexibility index (Phi) is 6.04. The molecule has 0 bridgehead atoms. The highest BCUT2D eigenvalue weighted by Gasteiger charge is 2.29. The third kappa shape index (κ3) is 3.96. The summed E-state index contributed by atoms with van der Waals surface area (Å²) < 4.78 is 12.6. The summed E-state index contributed by atoms with van der Waals surface area (Å²) >= 11 is 3.21. The van der Waals surface area contributed by atoms with Crippen molar-refractivity contribution in [3.63, 3.8) is 0 Å². The SMILES string of the molecule is COc1cc2ccccc2cc1C(=O)N(CC1CCCO1)c1nc2c(SC)cccc2s1. The number of para-hydroxylation sites is 1. The maximum Gasteiger partial charge on any atom is 0.263 e. The van der Waals surface area contributed by atoms with Gasteiger partial charge in [-0.05, 0) is 54.1 Å². The highest BCUT2D eigenvalue weighted by molar-refractivity contribution is 7.98. The van der Waals surface area contributed by atoms with E-state index in [9.17, 15) is 4.79 Å². The summed E-state index contributed by atoms with van der Waals surface area (Å²) in [5.74, 6) is 0.449. The van der Waals surface area contributed by atoms with E-state index < -0.39 is 0 Å². The third-order valence-electron chi connectivity index (χ3n) is 5.78. The molecular weight excluding hydrogens is 440 g/mol. The summed E-state index contributed by atoms with van der Waals surface area (Å²) in [5, 5.41) is 2.73. The Morgan fingerprint density at radius 1 is 1.22 bits per heavy atom. The molecule has 2 heterocycles. The number of fused-ring (bicyclic) bond motifs is 2. The van der Waals surface area contributed by atoms with Crippen LogP contribution < -0.4 is 9.64 Å². The molecule has 1 aliphatic rings. The predicted octanol–water partition coefficient (Wildman–Crippen LogP) is 6.01. The second-order valence-electron chi connectivity index (χ2n) is 7.75. The first-order valence-corrected chi connectivity index (χ1v) is 12.7. The van der Waals surface area contributed by atoms with Crippen LogP contribution in [0.25, 0.3) is 21.0 Å². The van der Waals surface area contributed by atoms with Gasteiger partial charge in [0.25, 0.3) is 5.91 Å². The van der Waals surface area contributed by atoms with Crippen molar-refractivity contribution in [2.45, 2.75) is 23.8 Å². The lowest BCUT2D eigenvalue weighted by atomic mass is 10.0. The van der Waals surface area contributed by atoms with Crippen LogP contribution in [0, 0.1) is 0 Å². The molecule has 0 saturated carbocycles. The molecule has 0 aliphatic carbocycles. The Bertz CT molecular complexity index is 1280. The Balaban J connectivity index is 1.61. The highest BCUT2D eigenvalue weighted by Crippen LogP contribution is 2.36. The second kappa shape index (κ2) is 9.10. The highest BCUT2D eigenvalue weighted by atomic mass is 32.2. The number of rotatable bonds is 6. The van der Waals surface area contributed by atoms with Gasteiger partial charge in [0.2, 0.25) is 0 Å². The van der Waals surface area contributed by atoms with Crippen molar-refractivity contribution in [3.8, 4) is 5.75 Å². The third-order valence-corrected chi connectivity index (χ3v) is 7.59. The number of hydrogen-bond donors (Lipinski definition) is 0. The van der Waals surface area contributed by atoms with Gasteiger partial charge in [-0.1, -0.05) is 41.7 Å². The fraction of sp³-hybridized carbons (Fsp3) is 0.280. The number of anilines is 1. The van der Waals surface area contributed by atoms with Crippen LogP contribution in [-0.2, 0) is 4.74 Å². The maximum absolute atomic E-state index is 13.9. The van der Waals surface area contributed by atoms with Crippen molar-refractivity contribution in [2.24, 2.45) is 0 Å². The van der Waals surface area contributed by atoms with E-state index in [2.05, 4.69) is 12.1 Å². The van der Waals surface area contributed by atoms with E-state index in [1.54, 1.807) is 35.1 Å². The van der Waals surface area contributed by atoms with Crippen molar-refractivity contribution in [1.29, 1.82) is 0 Å². The summed E-state index contributed by atoms with van der Waals surface area (Å²) in [6.45, 7) is 1.21. The molecule has 3 aromatic carbocycles. The zero-order chi connectivity index (χ0) is 22.1. The molecule has 5 rings (SSSR count). The molecule has 1 saturated heterocycles. The van der Waals surface area contributed by atoms with Crippen LogP contribution in [0.1, 0.15) is 23.2 Å². The molecule has 0 spiro atoms. The smallest absolute Gasteiger partial charge is 0.263 e. The molecule has 32 heavy (non-hydrogen) atoms. The van der Waals surface area contributed by atoms with Gasteiger partial charge < -0.3 is 9.47 Å². The normalized spacial score (nSPS) is 16.0. The molecule has 0 N–H and O–H groups in total. The Labute approximate surface area is 195 Å². The van der Waals surface area contributed by atoms with Gasteiger partial charge in [-0.25, -0.2) is 4.98 Å². The van der Waals surface area contributed by atoms with E-state index in [4.69, 9.17) is 14.5 Å². The van der Waals surface area contributed by atoms with Gasteiger partial charge in [0.05, 0.1) is 35.5 Å². The van der Waals surface area contributed by atoms with Crippen LogP contribution in [0.3, 0.4) is 0 Å². The maximum atomic E-state index is 13.9. The number of thioether (sulfide) groups is 1. The van der Waals surface area contributed by atoms with Gasteiger partial charge in [-0.2, -0.15) is 0 Å². The van der Waals surface area contributed by atoms with Gasteiger partial charge in [0, 0.05) is 11.5 Å². The minimum absolute atomic E-state index is 0.0115. The molecule has 1 aliphatic heterocycles. The number of aromatic nitrogens is 1. The molecule has 1 aromatic heterocycles. The van der Waals surface area contributed by atoms with Crippen LogP contribution >= 0.6 is 23.1 Å². The average Bonchev–Trinajstić information content (AvgIpc) is 3.50. The van der Waals surface area contributed by atoms with Gasteiger partial charge >= 0.3 is 0 Å². The minimum Gasteiger partial charge on any atom is -0.496 e. The van der Waals surface area contributed by atoms with Crippen LogP contribution in [-0.4, -0.2) is 43.5 Å². The summed E-state index contributed by atoms with van der Waals surface area (Å²) in [5.41, 5.74) is 1.48. The molecule has 4 aromatic rings. The number of amides is 1. The predicted molar refractivity (Wildman–Crippen MR) is 133 cm³/mol. The van der Waals surface area contributed by atoms with E-state index in [1.165, 1.54) is 0 Å². The zero-order valence-corrected chi connectivity index (χ0v) is 19.7. The molecule has 7 heteroatoms. The first-order valence-electron chi connectivity index (χ1n) is 10.6. The molecule has 1 unspecified atom stereocenters. The number of carbonyl (C=O) groups is 1. The van der Waals surface area contributed by atoms with Crippen LogP contribution in [0.5, 0.6) is 5.75 Å². The van der Waals surface area contributed by atoms with E-state index in [0.29, 0.717) is 23.0 Å².